The third kappa shape index (κ3) is 21.4. The Balaban J connectivity index is 0.000000768. The fraction of sp³-hybridized carbons (Fsp3) is 0.579. The predicted molar refractivity (Wildman–Crippen MR) is 201 cm³/mol. The van der Waals surface area contributed by atoms with E-state index < -0.39 is 29.1 Å². The maximum absolute atomic E-state index is 12.0. The van der Waals surface area contributed by atoms with Crippen LogP contribution >= 0.6 is 23.2 Å². The predicted octanol–water partition coefficient (Wildman–Crippen LogP) is 4.31. The molecule has 0 spiro atoms. The van der Waals surface area contributed by atoms with Crippen LogP contribution in [0.1, 0.15) is 96.8 Å². The van der Waals surface area contributed by atoms with Gasteiger partial charge in [0, 0.05) is 23.6 Å². The molecule has 0 saturated heterocycles. The summed E-state index contributed by atoms with van der Waals surface area (Å²) < 4.78 is 30.6. The van der Waals surface area contributed by atoms with Crippen molar-refractivity contribution in [3.63, 3.8) is 0 Å². The Bertz CT molecular complexity index is 1480. The molecule has 0 radical (unpaired) electrons. The summed E-state index contributed by atoms with van der Waals surface area (Å²) in [6.45, 7) is 18.1. The van der Waals surface area contributed by atoms with Gasteiger partial charge < -0.3 is 48.8 Å². The van der Waals surface area contributed by atoms with E-state index in [9.17, 15) is 14.4 Å². The number of carbonyl (C=O) groups is 4. The quantitative estimate of drug-likeness (QED) is 0.0862. The first-order valence-corrected chi connectivity index (χ1v) is 18.0. The molecule has 14 nitrogen and oxygen atoms in total. The SMILES string of the molecule is CC(C)(C)OC(=O)OC(=O)OC(C)(C)C.CN(CC1OCCc2c(Cl)cccc21)C(=O)OC(C)(C)C.CNCC1OCCc2c(Cl)cccc21.O=CO[O-].[Na+]. The van der Waals surface area contributed by atoms with Crippen LogP contribution in [0.4, 0.5) is 14.4 Å². The molecule has 2 heterocycles. The Labute approximate surface area is 356 Å². The Kier molecular flexibility index (Phi) is 23.7. The summed E-state index contributed by atoms with van der Waals surface area (Å²) in [5, 5.41) is 13.2. The molecule has 4 rings (SSSR count). The van der Waals surface area contributed by atoms with Crippen LogP contribution in [-0.2, 0) is 50.9 Å². The fourth-order valence-electron chi connectivity index (χ4n) is 4.85. The van der Waals surface area contributed by atoms with Crippen LogP contribution < -0.4 is 40.1 Å². The molecule has 2 aromatic rings. The van der Waals surface area contributed by atoms with Crippen molar-refractivity contribution >= 4 is 48.1 Å². The first-order valence-electron chi connectivity index (χ1n) is 17.2. The second-order valence-corrected chi connectivity index (χ2v) is 15.8. The number of fused-ring (bicyclic) bond motifs is 2. The van der Waals surface area contributed by atoms with Gasteiger partial charge in [-0.15, -0.1) is 0 Å². The number of nitrogens with zero attached hydrogens (tertiary/aromatic N) is 1. The van der Waals surface area contributed by atoms with Crippen molar-refractivity contribution in [3.05, 3.63) is 68.7 Å². The summed E-state index contributed by atoms with van der Waals surface area (Å²) in [7, 11) is 3.65. The molecule has 1 N–H and O–H groups in total. The monoisotopic (exact) mass is 824 g/mol. The Morgan fingerprint density at radius 1 is 0.800 bits per heavy atom. The molecule has 2 unspecified atom stereocenters. The smallest absolute Gasteiger partial charge is 0.662 e. The van der Waals surface area contributed by atoms with Crippen molar-refractivity contribution in [2.24, 2.45) is 0 Å². The van der Waals surface area contributed by atoms with E-state index in [-0.39, 0.29) is 54.3 Å². The molecule has 2 aliphatic rings. The van der Waals surface area contributed by atoms with Gasteiger partial charge in [-0.2, -0.15) is 0 Å². The first-order chi connectivity index (χ1) is 25.0. The minimum Gasteiger partial charge on any atom is -0.662 e. The van der Waals surface area contributed by atoms with Crippen LogP contribution in [0.2, 0.25) is 10.0 Å². The summed E-state index contributed by atoms with van der Waals surface area (Å²) in [5.74, 6) is 0. The molecule has 2 aromatic carbocycles. The van der Waals surface area contributed by atoms with Gasteiger partial charge in [-0.25, -0.2) is 14.4 Å². The maximum Gasteiger partial charge on any atom is 1.00 e. The summed E-state index contributed by atoms with van der Waals surface area (Å²) in [6, 6.07) is 11.8. The molecule has 2 atom stereocenters. The van der Waals surface area contributed by atoms with Crippen LogP contribution in [0.5, 0.6) is 0 Å². The Morgan fingerprint density at radius 2 is 1.20 bits per heavy atom. The summed E-state index contributed by atoms with van der Waals surface area (Å²) in [6.07, 6.45) is -0.738. The van der Waals surface area contributed by atoms with Gasteiger partial charge in [-0.3, -0.25) is 4.79 Å². The molecule has 55 heavy (non-hydrogen) atoms. The number of benzene rings is 2. The molecule has 0 aliphatic carbocycles. The number of likely N-dealkylation sites (N-methyl/N-ethyl adjacent to an activating group) is 2. The summed E-state index contributed by atoms with van der Waals surface area (Å²) in [5.41, 5.74) is 2.77. The number of halogens is 2. The van der Waals surface area contributed by atoms with Crippen molar-refractivity contribution < 1.29 is 87.3 Å². The molecule has 0 bridgehead atoms. The van der Waals surface area contributed by atoms with Crippen LogP contribution in [-0.4, -0.2) is 87.0 Å². The second-order valence-electron chi connectivity index (χ2n) is 15.0. The second kappa shape index (κ2) is 24.9. The van der Waals surface area contributed by atoms with Crippen molar-refractivity contribution in [2.75, 3.05) is 40.4 Å². The zero-order chi connectivity index (χ0) is 41.3. The molecular weight excluding hydrogens is 770 g/mol. The third-order valence-corrected chi connectivity index (χ3v) is 7.57. The maximum atomic E-state index is 12.0. The minimum absolute atomic E-state index is 0. The zero-order valence-corrected chi connectivity index (χ0v) is 37.6. The average Bonchev–Trinajstić information content (AvgIpc) is 3.04. The molecule has 0 aromatic heterocycles. The van der Waals surface area contributed by atoms with Crippen LogP contribution in [0.3, 0.4) is 0 Å². The van der Waals surface area contributed by atoms with Gasteiger partial charge >= 0.3 is 48.0 Å². The van der Waals surface area contributed by atoms with Crippen molar-refractivity contribution in [3.8, 4) is 0 Å². The van der Waals surface area contributed by atoms with Crippen molar-refractivity contribution in [1.29, 1.82) is 0 Å². The van der Waals surface area contributed by atoms with Gasteiger partial charge in [0.05, 0.1) is 25.9 Å². The van der Waals surface area contributed by atoms with Crippen LogP contribution in [0.15, 0.2) is 36.4 Å². The van der Waals surface area contributed by atoms with E-state index in [0.29, 0.717) is 13.2 Å². The number of nitrogens with one attached hydrogen (secondary N) is 1. The molecule has 1 amide bonds. The van der Waals surface area contributed by atoms with Gasteiger partial charge in [0.25, 0.3) is 6.47 Å². The van der Waals surface area contributed by atoms with Gasteiger partial charge in [0.2, 0.25) is 0 Å². The molecule has 0 saturated carbocycles. The van der Waals surface area contributed by atoms with Gasteiger partial charge in [0.1, 0.15) is 22.9 Å². The van der Waals surface area contributed by atoms with E-state index in [0.717, 1.165) is 47.2 Å². The molecule has 2 aliphatic heterocycles. The molecule has 0 fully saturated rings. The third-order valence-electron chi connectivity index (χ3n) is 6.87. The van der Waals surface area contributed by atoms with Gasteiger partial charge in [0.15, 0.2) is 0 Å². The summed E-state index contributed by atoms with van der Waals surface area (Å²) >= 11 is 12.4. The van der Waals surface area contributed by atoms with Gasteiger partial charge in [-0.05, 0) is 117 Å². The molecule has 17 heteroatoms. The van der Waals surface area contributed by atoms with Crippen LogP contribution in [0, 0.1) is 0 Å². The average molecular weight is 826 g/mol. The normalized spacial score (nSPS) is 15.7. The number of carbonyl (C=O) groups excluding carboxylic acids is 4. The number of ether oxygens (including phenoxy) is 6. The number of amides is 1. The van der Waals surface area contributed by atoms with Crippen molar-refractivity contribution in [2.45, 2.75) is 104 Å². The van der Waals surface area contributed by atoms with E-state index in [4.69, 9.17) is 56.9 Å². The fourth-order valence-corrected chi connectivity index (χ4v) is 5.40. The van der Waals surface area contributed by atoms with E-state index in [1.807, 2.05) is 58.2 Å². The Hall–Kier alpha value is -2.66. The van der Waals surface area contributed by atoms with E-state index in [1.165, 1.54) is 11.1 Å². The standard InChI is InChI=1S/C16H22ClNO3.C11H14ClNO.C10H18O5.CH2O3.Na/c1-16(2,3)21-15(19)18(4)10-14-12-6-5-7-13(17)11(12)8-9-20-14;1-13-7-11-9-3-2-4-10(12)8(9)5-6-14-11;1-9(2,3)14-7(11)13-8(12)15-10(4,5)6;2-1-4-3;/h5-7,14H,8-10H2,1-4H3;2-4,11,13H,5-7H2,1H3;1-6H3;1,3H;/q;;;;+1/p-1. The van der Waals surface area contributed by atoms with Crippen molar-refractivity contribution in [1.82, 2.24) is 10.2 Å². The van der Waals surface area contributed by atoms with E-state index in [1.54, 1.807) is 53.5 Å². The molecular formula is C38H55Cl2N2NaO12. The number of hydrogen-bond donors (Lipinski definition) is 1. The Morgan fingerprint density at radius 3 is 1.58 bits per heavy atom. The van der Waals surface area contributed by atoms with Crippen LogP contribution in [0.25, 0.3) is 0 Å². The number of rotatable bonds is 5. The topological polar surface area (TPSA) is 171 Å². The van der Waals surface area contributed by atoms with E-state index in [2.05, 4.69) is 21.0 Å². The van der Waals surface area contributed by atoms with E-state index >= 15 is 0 Å². The molecule has 304 valence electrons. The summed E-state index contributed by atoms with van der Waals surface area (Å²) in [4.78, 5) is 46.9. The van der Waals surface area contributed by atoms with Gasteiger partial charge in [-0.1, -0.05) is 47.5 Å². The number of hydrogen-bond acceptors (Lipinski definition) is 13. The largest absolute Gasteiger partial charge is 1.00 e. The minimum atomic E-state index is -1.06. The zero-order valence-electron chi connectivity index (χ0n) is 34.0. The first kappa shape index (κ1) is 52.3.